The minimum absolute atomic E-state index is 0.131. The Morgan fingerprint density at radius 1 is 0.983 bits per heavy atom. The number of allylic oxidation sites excluding steroid dienone is 6. The van der Waals surface area contributed by atoms with Gasteiger partial charge in [0.15, 0.2) is 12.1 Å². The number of rotatable bonds is 10. The van der Waals surface area contributed by atoms with E-state index in [-0.39, 0.29) is 35.9 Å². The van der Waals surface area contributed by atoms with Gasteiger partial charge in [0.2, 0.25) is 5.76 Å². The molecule has 0 bridgehead atoms. The van der Waals surface area contributed by atoms with E-state index in [1.807, 2.05) is 46.8 Å². The van der Waals surface area contributed by atoms with Gasteiger partial charge in [-0.2, -0.15) is 0 Å². The molecule has 2 fully saturated rings. The summed E-state index contributed by atoms with van der Waals surface area (Å²) in [5.74, 6) is -6.19. The summed E-state index contributed by atoms with van der Waals surface area (Å²) in [6.45, 7) is 18.0. The molecule has 3 heterocycles. The van der Waals surface area contributed by atoms with Crippen molar-refractivity contribution in [2.75, 3.05) is 14.2 Å². The molecule has 338 valence electrons. The molecule has 59 heavy (non-hydrogen) atoms. The van der Waals surface area contributed by atoms with Crippen LogP contribution in [-0.2, 0) is 33.2 Å². The molecule has 14 heteroatoms. The van der Waals surface area contributed by atoms with Gasteiger partial charge in [0.1, 0.15) is 30.5 Å². The summed E-state index contributed by atoms with van der Waals surface area (Å²) in [6.07, 6.45) is 0.0543. The molecule has 0 amide bonds. The molecule has 3 aliphatic heterocycles. The standard InChI is InChI=1S/C45H74O14/c1-13-16-32-27(7)35(57-44-41(51)40(50)39(49)30(10)56-44)22-45(53,59-32)29(9)38(48)28(8)42-33(54-11)18-15-17-23(3)19-25(5)36(46)31(14-2)37(47)26(6)20-24(4)21-34(55-12)43(52)58-42/h13,15-18,20-21,25-33,35-42,44,46-51,53H,14,19,22H2,1-12H3/b16-13+,18-15+,23-17+,24-20+,34-21-/t25-,26+,27-,28-,29+,30+,31+,32-,33+,35-,36-,37-,38+,39+,40-,41+,42-,44-,45-/m1/s1. The Balaban J connectivity index is 2.03. The quantitative estimate of drug-likeness (QED) is 0.123. The van der Waals surface area contributed by atoms with Gasteiger partial charge in [-0.1, -0.05) is 89.1 Å². The van der Waals surface area contributed by atoms with Crippen molar-refractivity contribution in [1.82, 2.24) is 0 Å². The Bertz CT molecular complexity index is 1490. The van der Waals surface area contributed by atoms with Crippen molar-refractivity contribution in [2.24, 2.45) is 35.5 Å². The summed E-state index contributed by atoms with van der Waals surface area (Å²) >= 11 is 0. The van der Waals surface area contributed by atoms with Crippen molar-refractivity contribution < 1.29 is 69.0 Å². The lowest BCUT2D eigenvalue weighted by molar-refractivity contribution is -0.352. The second kappa shape index (κ2) is 22.6. The number of hydrogen-bond acceptors (Lipinski definition) is 14. The first-order valence-electron chi connectivity index (χ1n) is 21.1. The summed E-state index contributed by atoms with van der Waals surface area (Å²) in [4.78, 5) is 13.9. The average Bonchev–Trinajstić information content (AvgIpc) is 3.19. The topological polar surface area (TPSA) is 214 Å². The molecule has 0 aromatic rings. The lowest BCUT2D eigenvalue weighted by atomic mass is 9.77. The van der Waals surface area contributed by atoms with Crippen LogP contribution in [0, 0.1) is 35.5 Å². The van der Waals surface area contributed by atoms with Crippen LogP contribution in [0.3, 0.4) is 0 Å². The van der Waals surface area contributed by atoms with Crippen LogP contribution in [0.15, 0.2) is 59.4 Å². The van der Waals surface area contributed by atoms with E-state index in [0.717, 1.165) is 5.57 Å². The molecule has 3 aliphatic rings. The van der Waals surface area contributed by atoms with Crippen LogP contribution in [0.4, 0.5) is 0 Å². The van der Waals surface area contributed by atoms with E-state index >= 15 is 0 Å². The number of ether oxygens (including phenoxy) is 6. The van der Waals surface area contributed by atoms with E-state index in [0.29, 0.717) is 18.4 Å². The summed E-state index contributed by atoms with van der Waals surface area (Å²) in [5.41, 5.74) is 1.58. The van der Waals surface area contributed by atoms with Gasteiger partial charge in [-0.25, -0.2) is 4.79 Å². The molecule has 2 saturated heterocycles. The summed E-state index contributed by atoms with van der Waals surface area (Å²) in [6, 6.07) is 0. The number of cyclic esters (lactones) is 1. The number of aliphatic hydroxyl groups excluding tert-OH is 6. The number of esters is 1. The Morgan fingerprint density at radius 3 is 2.24 bits per heavy atom. The van der Waals surface area contributed by atoms with Crippen molar-refractivity contribution in [2.45, 2.75) is 168 Å². The Morgan fingerprint density at radius 2 is 1.64 bits per heavy atom. The monoisotopic (exact) mass is 839 g/mol. The van der Waals surface area contributed by atoms with E-state index < -0.39 is 97.0 Å². The van der Waals surface area contributed by atoms with Crippen LogP contribution in [0.1, 0.15) is 88.5 Å². The zero-order chi connectivity index (χ0) is 44.5. The third kappa shape index (κ3) is 12.6. The first-order chi connectivity index (χ1) is 27.6. The van der Waals surface area contributed by atoms with E-state index in [2.05, 4.69) is 0 Å². The molecule has 3 rings (SSSR count). The third-order valence-corrected chi connectivity index (χ3v) is 12.7. The number of carbonyl (C=O) groups excluding carboxylic acids is 1. The molecule has 7 N–H and O–H groups in total. The van der Waals surface area contributed by atoms with Gasteiger partial charge in [0.25, 0.3) is 0 Å². The minimum Gasteiger partial charge on any atom is -0.490 e. The molecule has 14 nitrogen and oxygen atoms in total. The predicted molar refractivity (Wildman–Crippen MR) is 221 cm³/mol. The lowest BCUT2D eigenvalue weighted by Crippen LogP contribution is -2.61. The minimum atomic E-state index is -2.02. The van der Waals surface area contributed by atoms with Gasteiger partial charge in [-0.05, 0) is 52.5 Å². The second-order valence-corrected chi connectivity index (χ2v) is 17.2. The Kier molecular flexibility index (Phi) is 19.5. The zero-order valence-corrected chi connectivity index (χ0v) is 37.0. The molecule has 0 spiro atoms. The predicted octanol–water partition coefficient (Wildman–Crippen LogP) is 3.85. The molecule has 0 aliphatic carbocycles. The maximum atomic E-state index is 13.9. The van der Waals surface area contributed by atoms with Crippen LogP contribution in [-0.4, -0.2) is 135 Å². The van der Waals surface area contributed by atoms with Crippen LogP contribution in [0.5, 0.6) is 0 Å². The summed E-state index contributed by atoms with van der Waals surface area (Å²) in [7, 11) is 2.79. The van der Waals surface area contributed by atoms with E-state index in [4.69, 9.17) is 28.4 Å². The molecule has 0 aromatic heterocycles. The van der Waals surface area contributed by atoms with E-state index in [1.54, 1.807) is 58.9 Å². The fraction of sp³-hybridized carbons (Fsp3) is 0.756. The highest BCUT2D eigenvalue weighted by molar-refractivity contribution is 5.87. The van der Waals surface area contributed by atoms with Crippen molar-refractivity contribution >= 4 is 5.97 Å². The highest BCUT2D eigenvalue weighted by atomic mass is 16.7. The average molecular weight is 839 g/mol. The van der Waals surface area contributed by atoms with E-state index in [1.165, 1.54) is 20.3 Å². The molecular formula is C45H74O14. The lowest BCUT2D eigenvalue weighted by Gasteiger charge is -2.50. The normalized spacial score (nSPS) is 44.6. The number of hydrogen-bond donors (Lipinski definition) is 7. The van der Waals surface area contributed by atoms with Crippen LogP contribution in [0.25, 0.3) is 0 Å². The molecule has 0 unspecified atom stereocenters. The summed E-state index contributed by atoms with van der Waals surface area (Å²) < 4.78 is 35.8. The largest absolute Gasteiger partial charge is 0.490 e. The number of aliphatic hydroxyl groups is 7. The smallest absolute Gasteiger partial charge is 0.373 e. The maximum Gasteiger partial charge on any atom is 0.373 e. The molecule has 0 saturated carbocycles. The molecule has 0 radical (unpaired) electrons. The van der Waals surface area contributed by atoms with Crippen LogP contribution < -0.4 is 0 Å². The number of methoxy groups -OCH3 is 2. The van der Waals surface area contributed by atoms with Gasteiger partial charge in [-0.15, -0.1) is 0 Å². The van der Waals surface area contributed by atoms with Gasteiger partial charge >= 0.3 is 5.97 Å². The summed E-state index contributed by atoms with van der Waals surface area (Å²) in [5, 5.41) is 78.5. The highest BCUT2D eigenvalue weighted by Gasteiger charge is 2.53. The van der Waals surface area contributed by atoms with Crippen molar-refractivity contribution in [1.29, 1.82) is 0 Å². The number of carbonyl (C=O) groups is 1. The van der Waals surface area contributed by atoms with Gasteiger partial charge in [0, 0.05) is 43.1 Å². The molecule has 19 atom stereocenters. The SMILES string of the molecule is C/C=C/[C@H]1O[C@@](O)([C@@H](C)[C@@H](O)[C@@H](C)[C@H]2OC(=O)/C(OC)=C/C(C)=C/[C@H](C)[C@@H](O)[C@@H](CC)[C@H](O)[C@H](C)C/C(C)=C/C=C/[C@@H]2OC)C[C@@H](O[C@H]2O[C@@H](C)[C@H](O)[C@@H](O)[C@@H]2O)[C@@H]1C. The van der Waals surface area contributed by atoms with Gasteiger partial charge < -0.3 is 64.2 Å². The van der Waals surface area contributed by atoms with Crippen LogP contribution in [0.2, 0.25) is 0 Å². The van der Waals surface area contributed by atoms with Gasteiger partial charge in [-0.3, -0.25) is 0 Å². The van der Waals surface area contributed by atoms with Crippen molar-refractivity contribution in [3.05, 3.63) is 59.4 Å². The second-order valence-electron chi connectivity index (χ2n) is 17.2. The van der Waals surface area contributed by atoms with Crippen molar-refractivity contribution in [3.8, 4) is 0 Å². The van der Waals surface area contributed by atoms with Crippen LogP contribution >= 0.6 is 0 Å². The fourth-order valence-electron chi connectivity index (χ4n) is 8.63. The third-order valence-electron chi connectivity index (χ3n) is 12.7. The molecular weight excluding hydrogens is 764 g/mol. The highest BCUT2D eigenvalue weighted by Crippen LogP contribution is 2.42. The first-order valence-corrected chi connectivity index (χ1v) is 21.1. The molecule has 0 aromatic carbocycles. The zero-order valence-electron chi connectivity index (χ0n) is 37.0. The Labute approximate surface area is 351 Å². The first kappa shape index (κ1) is 50.9. The Hall–Kier alpha value is -2.47. The van der Waals surface area contributed by atoms with Gasteiger partial charge in [0.05, 0.1) is 43.7 Å². The fourth-order valence-corrected chi connectivity index (χ4v) is 8.63. The maximum absolute atomic E-state index is 13.9. The van der Waals surface area contributed by atoms with Crippen molar-refractivity contribution in [3.63, 3.8) is 0 Å². The van der Waals surface area contributed by atoms with E-state index in [9.17, 15) is 40.5 Å².